The number of sulfonamides is 1. The summed E-state index contributed by atoms with van der Waals surface area (Å²) >= 11 is 0. The number of nitriles is 1. The second-order valence-corrected chi connectivity index (χ2v) is 7.57. The molecule has 2 N–H and O–H groups in total. The van der Waals surface area contributed by atoms with Crippen molar-refractivity contribution < 1.29 is 8.42 Å². The molecule has 0 saturated carbocycles. The van der Waals surface area contributed by atoms with Crippen LogP contribution in [0, 0.1) is 24.2 Å². The van der Waals surface area contributed by atoms with Crippen LogP contribution in [0.4, 0.5) is 0 Å². The van der Waals surface area contributed by atoms with Gasteiger partial charge in [-0.15, -0.1) is 12.4 Å². The quantitative estimate of drug-likeness (QED) is 0.909. The molecule has 0 spiro atoms. The highest BCUT2D eigenvalue weighted by Gasteiger charge is 2.32. The minimum atomic E-state index is -3.61. The van der Waals surface area contributed by atoms with E-state index in [0.29, 0.717) is 24.6 Å². The fourth-order valence-electron chi connectivity index (χ4n) is 2.78. The van der Waals surface area contributed by atoms with Crippen LogP contribution in [-0.2, 0) is 10.0 Å². The average molecular weight is 344 g/mol. The lowest BCUT2D eigenvalue weighted by Gasteiger charge is -2.33. The van der Waals surface area contributed by atoms with E-state index >= 15 is 0 Å². The highest BCUT2D eigenvalue weighted by atomic mass is 35.5. The van der Waals surface area contributed by atoms with E-state index in [-0.39, 0.29) is 28.9 Å². The van der Waals surface area contributed by atoms with Crippen LogP contribution in [0.1, 0.15) is 30.9 Å². The minimum Gasteiger partial charge on any atom is -0.328 e. The highest BCUT2D eigenvalue weighted by molar-refractivity contribution is 7.89. The summed E-state index contributed by atoms with van der Waals surface area (Å²) < 4.78 is 27.0. The zero-order valence-corrected chi connectivity index (χ0v) is 14.5. The number of nitrogens with two attached hydrogens (primary N) is 1. The van der Waals surface area contributed by atoms with Crippen molar-refractivity contribution in [3.05, 3.63) is 29.3 Å². The summed E-state index contributed by atoms with van der Waals surface area (Å²) in [5, 5.41) is 9.23. The second-order valence-electron chi connectivity index (χ2n) is 5.66. The van der Waals surface area contributed by atoms with Crippen molar-refractivity contribution in [3.63, 3.8) is 0 Å². The molecule has 2 rings (SSSR count). The summed E-state index contributed by atoms with van der Waals surface area (Å²) in [6, 6.07) is 7.04. The van der Waals surface area contributed by atoms with Crippen molar-refractivity contribution >= 4 is 22.4 Å². The number of aryl methyl sites for hydroxylation is 1. The standard InChI is InChI=1S/C15H21N3O2S.ClH/c1-11-4-3-5-15(14(11)10-16)21(19,20)18-8-6-13(7-9-18)12(2)17;/h3-5,12-13H,6-9,17H2,1-2H3;1H. The molecule has 5 nitrogen and oxygen atoms in total. The normalized spacial score (nSPS) is 18.3. The molecule has 1 aliphatic rings. The van der Waals surface area contributed by atoms with Crippen molar-refractivity contribution in [2.75, 3.05) is 13.1 Å². The van der Waals surface area contributed by atoms with Crippen molar-refractivity contribution in [1.29, 1.82) is 5.26 Å². The monoisotopic (exact) mass is 343 g/mol. The van der Waals surface area contributed by atoms with Gasteiger partial charge in [-0.3, -0.25) is 0 Å². The Bertz CT molecular complexity index is 660. The largest absolute Gasteiger partial charge is 0.328 e. The Kier molecular flexibility index (Phi) is 6.38. The summed E-state index contributed by atoms with van der Waals surface area (Å²) in [6.45, 7) is 4.64. The molecule has 0 bridgehead atoms. The third-order valence-electron chi connectivity index (χ3n) is 4.21. The Morgan fingerprint density at radius 2 is 1.95 bits per heavy atom. The van der Waals surface area contributed by atoms with Gasteiger partial charge in [-0.2, -0.15) is 9.57 Å². The Morgan fingerprint density at radius 1 is 1.36 bits per heavy atom. The van der Waals surface area contributed by atoms with Crippen LogP contribution in [0.3, 0.4) is 0 Å². The zero-order chi connectivity index (χ0) is 15.6. The second kappa shape index (κ2) is 7.42. The fourth-order valence-corrected chi connectivity index (χ4v) is 4.46. The summed E-state index contributed by atoms with van der Waals surface area (Å²) in [4.78, 5) is 0.115. The molecule has 1 fully saturated rings. The first kappa shape index (κ1) is 18.9. The molecule has 122 valence electrons. The van der Waals surface area contributed by atoms with Gasteiger partial charge in [-0.25, -0.2) is 8.42 Å². The number of halogens is 1. The predicted molar refractivity (Wildman–Crippen MR) is 88.3 cm³/mol. The first-order chi connectivity index (χ1) is 9.87. The molecule has 1 saturated heterocycles. The first-order valence-electron chi connectivity index (χ1n) is 7.13. The molecular weight excluding hydrogens is 322 g/mol. The molecule has 22 heavy (non-hydrogen) atoms. The summed E-state index contributed by atoms with van der Waals surface area (Å²) in [6.07, 6.45) is 1.54. The lowest BCUT2D eigenvalue weighted by Crippen LogP contribution is -2.42. The number of benzene rings is 1. The number of rotatable bonds is 3. The molecule has 0 amide bonds. The third kappa shape index (κ3) is 3.61. The number of hydrogen-bond acceptors (Lipinski definition) is 4. The molecule has 7 heteroatoms. The van der Waals surface area contributed by atoms with Crippen molar-refractivity contribution in [1.82, 2.24) is 4.31 Å². The molecule has 1 aliphatic heterocycles. The smallest absolute Gasteiger partial charge is 0.244 e. The van der Waals surface area contributed by atoms with Gasteiger partial charge in [-0.05, 0) is 44.2 Å². The van der Waals surface area contributed by atoms with Crippen LogP contribution in [-0.4, -0.2) is 31.9 Å². The van der Waals surface area contributed by atoms with Crippen molar-refractivity contribution in [2.24, 2.45) is 11.7 Å². The molecular formula is C15H22ClN3O2S. The molecule has 0 radical (unpaired) electrons. The summed E-state index contributed by atoms with van der Waals surface area (Å²) in [7, 11) is -3.61. The van der Waals surface area contributed by atoms with Gasteiger partial charge in [0.25, 0.3) is 0 Å². The molecule has 1 heterocycles. The van der Waals surface area contributed by atoms with Gasteiger partial charge >= 0.3 is 0 Å². The third-order valence-corrected chi connectivity index (χ3v) is 6.15. The minimum absolute atomic E-state index is 0. The van der Waals surface area contributed by atoms with E-state index in [0.717, 1.165) is 12.8 Å². The number of piperidine rings is 1. The van der Waals surface area contributed by atoms with Gasteiger partial charge in [0.15, 0.2) is 0 Å². The van der Waals surface area contributed by atoms with Crippen molar-refractivity contribution in [2.45, 2.75) is 37.6 Å². The summed E-state index contributed by atoms with van der Waals surface area (Å²) in [5.74, 6) is 0.365. The molecule has 1 unspecified atom stereocenters. The summed E-state index contributed by atoms with van der Waals surface area (Å²) in [5.41, 5.74) is 6.81. The maximum Gasteiger partial charge on any atom is 0.244 e. The van der Waals surface area contributed by atoms with Gasteiger partial charge in [0.05, 0.1) is 5.56 Å². The average Bonchev–Trinajstić information content (AvgIpc) is 2.47. The Morgan fingerprint density at radius 3 is 2.45 bits per heavy atom. The van der Waals surface area contributed by atoms with E-state index in [1.165, 1.54) is 10.4 Å². The van der Waals surface area contributed by atoms with Crippen LogP contribution in [0.2, 0.25) is 0 Å². The van der Waals surface area contributed by atoms with Crippen LogP contribution < -0.4 is 5.73 Å². The highest BCUT2D eigenvalue weighted by Crippen LogP contribution is 2.27. The van der Waals surface area contributed by atoms with Gasteiger partial charge in [0, 0.05) is 19.1 Å². The van der Waals surface area contributed by atoms with E-state index in [4.69, 9.17) is 5.73 Å². The zero-order valence-electron chi connectivity index (χ0n) is 12.8. The molecule has 1 atom stereocenters. The van der Waals surface area contributed by atoms with Crippen LogP contribution >= 0.6 is 12.4 Å². The lowest BCUT2D eigenvalue weighted by molar-refractivity contribution is 0.250. The Balaban J connectivity index is 0.00000242. The van der Waals surface area contributed by atoms with Gasteiger partial charge in [0.2, 0.25) is 10.0 Å². The van der Waals surface area contributed by atoms with Crippen LogP contribution in [0.25, 0.3) is 0 Å². The number of hydrogen-bond donors (Lipinski definition) is 1. The lowest BCUT2D eigenvalue weighted by atomic mass is 9.92. The number of nitrogens with zero attached hydrogens (tertiary/aromatic N) is 2. The Hall–Kier alpha value is -1.13. The molecule has 1 aromatic rings. The van der Waals surface area contributed by atoms with E-state index in [1.807, 2.05) is 13.0 Å². The van der Waals surface area contributed by atoms with E-state index in [2.05, 4.69) is 0 Å². The van der Waals surface area contributed by atoms with Gasteiger partial charge < -0.3 is 5.73 Å². The van der Waals surface area contributed by atoms with Gasteiger partial charge in [0.1, 0.15) is 11.0 Å². The first-order valence-corrected chi connectivity index (χ1v) is 8.57. The van der Waals surface area contributed by atoms with Crippen molar-refractivity contribution in [3.8, 4) is 6.07 Å². The molecule has 0 aromatic heterocycles. The Labute approximate surface area is 138 Å². The molecule has 1 aromatic carbocycles. The van der Waals surface area contributed by atoms with Crippen LogP contribution in [0.15, 0.2) is 23.1 Å². The maximum atomic E-state index is 12.7. The van der Waals surface area contributed by atoms with E-state index in [1.54, 1.807) is 19.1 Å². The fraction of sp³-hybridized carbons (Fsp3) is 0.533. The maximum absolute atomic E-state index is 12.7. The predicted octanol–water partition coefficient (Wildman–Crippen LogP) is 2.04. The van der Waals surface area contributed by atoms with Crippen LogP contribution in [0.5, 0.6) is 0 Å². The van der Waals surface area contributed by atoms with E-state index < -0.39 is 10.0 Å². The van der Waals surface area contributed by atoms with Gasteiger partial charge in [-0.1, -0.05) is 12.1 Å². The topological polar surface area (TPSA) is 87.2 Å². The molecule has 0 aliphatic carbocycles. The van der Waals surface area contributed by atoms with E-state index in [9.17, 15) is 13.7 Å². The SMILES string of the molecule is Cc1cccc(S(=O)(=O)N2CCC(C(C)N)CC2)c1C#N.Cl.